The summed E-state index contributed by atoms with van der Waals surface area (Å²) >= 11 is 0. The Morgan fingerprint density at radius 3 is 2.25 bits per heavy atom. The molecule has 1 aromatic heterocycles. The van der Waals surface area contributed by atoms with Crippen LogP contribution in [0.5, 0.6) is 0 Å². The van der Waals surface area contributed by atoms with E-state index in [-0.39, 0.29) is 16.3 Å². The molecule has 0 amide bonds. The van der Waals surface area contributed by atoms with Crippen molar-refractivity contribution in [3.63, 3.8) is 0 Å². The van der Waals surface area contributed by atoms with Gasteiger partial charge < -0.3 is 10.3 Å². The van der Waals surface area contributed by atoms with Crippen LogP contribution >= 0.6 is 0 Å². The molecule has 0 aromatic carbocycles. The molecule has 2 heterocycles. The maximum atomic E-state index is 12.6. The van der Waals surface area contributed by atoms with Gasteiger partial charge in [0.05, 0.1) is 6.33 Å². The van der Waals surface area contributed by atoms with E-state index >= 15 is 0 Å². The van der Waals surface area contributed by atoms with E-state index in [1.54, 1.807) is 7.05 Å². The van der Waals surface area contributed by atoms with Crippen molar-refractivity contribution in [3.8, 4) is 0 Å². The van der Waals surface area contributed by atoms with E-state index in [1.807, 2.05) is 0 Å². The van der Waals surface area contributed by atoms with Crippen molar-refractivity contribution in [1.29, 1.82) is 0 Å². The molecule has 0 spiro atoms. The summed E-state index contributed by atoms with van der Waals surface area (Å²) in [6, 6.07) is 0. The van der Waals surface area contributed by atoms with Crippen molar-refractivity contribution in [2.45, 2.75) is 38.6 Å². The molecule has 114 valence electrons. The average molecular weight is 300 g/mol. The van der Waals surface area contributed by atoms with Gasteiger partial charge in [-0.25, -0.2) is 13.4 Å². The Labute approximate surface area is 121 Å². The van der Waals surface area contributed by atoms with E-state index in [1.165, 1.54) is 15.2 Å². The Morgan fingerprint density at radius 1 is 1.30 bits per heavy atom. The fourth-order valence-corrected chi connectivity index (χ4v) is 4.50. The number of hydrogen-bond acceptors (Lipinski definition) is 4. The minimum atomic E-state index is -3.54. The van der Waals surface area contributed by atoms with Crippen molar-refractivity contribution in [2.24, 2.45) is 18.4 Å². The van der Waals surface area contributed by atoms with Gasteiger partial charge in [0, 0.05) is 20.1 Å². The quantitative estimate of drug-likeness (QED) is 0.896. The van der Waals surface area contributed by atoms with E-state index < -0.39 is 10.0 Å². The molecule has 1 aliphatic rings. The van der Waals surface area contributed by atoms with Gasteiger partial charge in [-0.15, -0.1) is 0 Å². The summed E-state index contributed by atoms with van der Waals surface area (Å²) in [5, 5.41) is 0.103. The first-order valence-corrected chi connectivity index (χ1v) is 8.35. The molecule has 0 saturated carbocycles. The Balaban J connectivity index is 2.18. The van der Waals surface area contributed by atoms with Crippen LogP contribution in [0.15, 0.2) is 11.4 Å². The van der Waals surface area contributed by atoms with Gasteiger partial charge in [-0.05, 0) is 24.2 Å². The minimum absolute atomic E-state index is 0.0745. The van der Waals surface area contributed by atoms with Gasteiger partial charge >= 0.3 is 0 Å². The third-order valence-electron chi connectivity index (χ3n) is 4.17. The lowest BCUT2D eigenvalue weighted by Crippen LogP contribution is -2.42. The fourth-order valence-electron chi connectivity index (χ4n) is 2.84. The highest BCUT2D eigenvalue weighted by Crippen LogP contribution is 2.36. The number of anilines is 1. The van der Waals surface area contributed by atoms with Crippen molar-refractivity contribution >= 4 is 15.8 Å². The third-order valence-corrected chi connectivity index (χ3v) is 6.20. The van der Waals surface area contributed by atoms with E-state index in [4.69, 9.17) is 5.73 Å². The predicted octanol–water partition coefficient (Wildman–Crippen LogP) is 1.45. The van der Waals surface area contributed by atoms with Crippen LogP contribution in [0.2, 0.25) is 0 Å². The van der Waals surface area contributed by atoms with Crippen LogP contribution in [0.1, 0.15) is 33.6 Å². The van der Waals surface area contributed by atoms with Gasteiger partial charge in [-0.3, -0.25) is 0 Å². The molecular weight excluding hydrogens is 276 g/mol. The summed E-state index contributed by atoms with van der Waals surface area (Å²) in [4.78, 5) is 3.87. The topological polar surface area (TPSA) is 81.2 Å². The molecule has 1 aromatic rings. The fraction of sp³-hybridized carbons (Fsp3) is 0.769. The van der Waals surface area contributed by atoms with Gasteiger partial charge in [0.1, 0.15) is 0 Å². The van der Waals surface area contributed by atoms with Crippen LogP contribution in [0, 0.1) is 11.3 Å². The maximum Gasteiger partial charge on any atom is 0.262 e. The number of rotatable bonds is 2. The number of nitrogens with two attached hydrogens (primary N) is 1. The Hall–Kier alpha value is -1.08. The number of sulfonamides is 1. The van der Waals surface area contributed by atoms with Crippen molar-refractivity contribution in [3.05, 3.63) is 6.33 Å². The van der Waals surface area contributed by atoms with Gasteiger partial charge in [0.15, 0.2) is 10.8 Å². The number of hydrogen-bond donors (Lipinski definition) is 1. The standard InChI is InChI=1S/C13H24N4O2S/c1-13(2,3)10-5-7-17(8-6-10)20(18,19)12-11(14)15-9-16(12)4/h9-10H,5-8,14H2,1-4H3. The van der Waals surface area contributed by atoms with E-state index in [9.17, 15) is 8.42 Å². The number of nitrogens with zero attached hydrogens (tertiary/aromatic N) is 3. The van der Waals surface area contributed by atoms with Crippen LogP contribution in [0.3, 0.4) is 0 Å². The van der Waals surface area contributed by atoms with Crippen LogP contribution in [-0.4, -0.2) is 35.4 Å². The van der Waals surface area contributed by atoms with E-state index in [0.717, 1.165) is 12.8 Å². The van der Waals surface area contributed by atoms with E-state index in [2.05, 4.69) is 25.8 Å². The molecule has 2 N–H and O–H groups in total. The van der Waals surface area contributed by atoms with Crippen molar-refractivity contribution in [1.82, 2.24) is 13.9 Å². The molecular formula is C13H24N4O2S. The zero-order valence-electron chi connectivity index (χ0n) is 12.6. The van der Waals surface area contributed by atoms with Gasteiger partial charge in [0.2, 0.25) is 0 Å². The number of piperidine rings is 1. The van der Waals surface area contributed by atoms with Gasteiger partial charge in [-0.2, -0.15) is 4.31 Å². The molecule has 0 atom stereocenters. The second kappa shape index (κ2) is 5.04. The molecule has 0 radical (unpaired) electrons. The molecule has 7 heteroatoms. The van der Waals surface area contributed by atoms with Crippen LogP contribution in [0.25, 0.3) is 0 Å². The first kappa shape index (κ1) is 15.3. The Kier molecular flexibility index (Phi) is 3.85. The second-order valence-electron chi connectivity index (χ2n) is 6.59. The summed E-state index contributed by atoms with van der Waals surface area (Å²) in [6.07, 6.45) is 3.21. The molecule has 1 fully saturated rings. The van der Waals surface area contributed by atoms with Crippen LogP contribution in [-0.2, 0) is 17.1 Å². The van der Waals surface area contributed by atoms with Gasteiger partial charge in [-0.1, -0.05) is 20.8 Å². The number of imidazole rings is 1. The maximum absolute atomic E-state index is 12.6. The largest absolute Gasteiger partial charge is 0.381 e. The molecule has 2 rings (SSSR count). The molecule has 0 unspecified atom stereocenters. The Bertz CT molecular complexity index is 559. The van der Waals surface area contributed by atoms with E-state index in [0.29, 0.717) is 19.0 Å². The third kappa shape index (κ3) is 2.69. The average Bonchev–Trinajstić information content (AvgIpc) is 2.68. The van der Waals surface area contributed by atoms with Crippen molar-refractivity contribution in [2.75, 3.05) is 18.8 Å². The summed E-state index contributed by atoms with van der Waals surface area (Å²) in [6.45, 7) is 7.73. The molecule has 20 heavy (non-hydrogen) atoms. The summed E-state index contributed by atoms with van der Waals surface area (Å²) in [5.74, 6) is 0.628. The van der Waals surface area contributed by atoms with Gasteiger partial charge in [0.25, 0.3) is 10.0 Å². The lowest BCUT2D eigenvalue weighted by atomic mass is 9.76. The number of aryl methyl sites for hydroxylation is 1. The molecule has 6 nitrogen and oxygen atoms in total. The number of aromatic nitrogens is 2. The van der Waals surface area contributed by atoms with Crippen LogP contribution < -0.4 is 5.73 Å². The molecule has 0 aliphatic carbocycles. The zero-order chi connectivity index (χ0) is 15.1. The minimum Gasteiger partial charge on any atom is -0.381 e. The smallest absolute Gasteiger partial charge is 0.262 e. The number of nitrogen functional groups attached to an aromatic ring is 1. The molecule has 0 bridgehead atoms. The SMILES string of the molecule is Cn1cnc(N)c1S(=O)(=O)N1CCC(C(C)(C)C)CC1. The lowest BCUT2D eigenvalue weighted by Gasteiger charge is -2.38. The summed E-state index contributed by atoms with van der Waals surface area (Å²) in [5.41, 5.74) is 5.92. The molecule has 1 saturated heterocycles. The first-order chi connectivity index (χ1) is 9.14. The Morgan fingerprint density at radius 2 is 1.85 bits per heavy atom. The summed E-state index contributed by atoms with van der Waals surface area (Å²) in [7, 11) is -1.89. The zero-order valence-corrected chi connectivity index (χ0v) is 13.4. The first-order valence-electron chi connectivity index (χ1n) is 6.91. The second-order valence-corrected chi connectivity index (χ2v) is 8.44. The lowest BCUT2D eigenvalue weighted by molar-refractivity contribution is 0.154. The monoisotopic (exact) mass is 300 g/mol. The summed E-state index contributed by atoms with van der Waals surface area (Å²) < 4.78 is 28.3. The van der Waals surface area contributed by atoms with Crippen LogP contribution in [0.4, 0.5) is 5.82 Å². The highest BCUT2D eigenvalue weighted by atomic mass is 32.2. The van der Waals surface area contributed by atoms with Crippen molar-refractivity contribution < 1.29 is 8.42 Å². The molecule has 1 aliphatic heterocycles. The normalized spacial score (nSPS) is 19.4. The predicted molar refractivity (Wildman–Crippen MR) is 78.6 cm³/mol. The highest BCUT2D eigenvalue weighted by molar-refractivity contribution is 7.89. The highest BCUT2D eigenvalue weighted by Gasteiger charge is 2.36.